The third kappa shape index (κ3) is 4.28. The van der Waals surface area contributed by atoms with E-state index in [9.17, 15) is 0 Å². The maximum atomic E-state index is 5.38. The first kappa shape index (κ1) is 15.5. The van der Waals surface area contributed by atoms with Gasteiger partial charge in [-0.25, -0.2) is 0 Å². The minimum absolute atomic E-state index is 0.310. The lowest BCUT2D eigenvalue weighted by molar-refractivity contribution is 0.174. The number of nitrogens with one attached hydrogen (secondary N) is 2. The molecule has 1 aliphatic rings. The van der Waals surface area contributed by atoms with Crippen LogP contribution in [0.4, 0.5) is 0 Å². The van der Waals surface area contributed by atoms with Gasteiger partial charge in [0.25, 0.3) is 0 Å². The highest BCUT2D eigenvalue weighted by atomic mass is 16.7. The lowest BCUT2D eigenvalue weighted by Crippen LogP contribution is -2.39. The van der Waals surface area contributed by atoms with E-state index in [2.05, 4.69) is 29.5 Å². The molecule has 116 valence electrons. The zero-order chi connectivity index (χ0) is 15.1. The van der Waals surface area contributed by atoms with Gasteiger partial charge < -0.3 is 20.1 Å². The first-order valence-corrected chi connectivity index (χ1v) is 7.59. The molecule has 1 aromatic rings. The summed E-state index contributed by atoms with van der Waals surface area (Å²) in [6.45, 7) is 6.41. The molecule has 5 nitrogen and oxygen atoms in total. The monoisotopic (exact) mass is 291 g/mol. The van der Waals surface area contributed by atoms with Gasteiger partial charge in [0, 0.05) is 20.1 Å². The van der Waals surface area contributed by atoms with Gasteiger partial charge in [0.2, 0.25) is 6.79 Å². The zero-order valence-electron chi connectivity index (χ0n) is 13.1. The second-order valence-corrected chi connectivity index (χ2v) is 5.18. The Morgan fingerprint density at radius 2 is 1.95 bits per heavy atom. The fourth-order valence-electron chi connectivity index (χ4n) is 2.28. The van der Waals surface area contributed by atoms with Gasteiger partial charge >= 0.3 is 0 Å². The van der Waals surface area contributed by atoms with Gasteiger partial charge in [0.15, 0.2) is 17.5 Å². The number of benzene rings is 1. The van der Waals surface area contributed by atoms with Crippen molar-refractivity contribution < 1.29 is 9.47 Å². The van der Waals surface area contributed by atoms with Crippen LogP contribution in [0.25, 0.3) is 0 Å². The minimum atomic E-state index is 0.310. The van der Waals surface area contributed by atoms with Crippen molar-refractivity contribution in [3.05, 3.63) is 23.8 Å². The predicted octanol–water partition coefficient (Wildman–Crippen LogP) is 2.52. The molecular weight excluding hydrogens is 266 g/mol. The number of hydrogen-bond acceptors (Lipinski definition) is 3. The van der Waals surface area contributed by atoms with E-state index in [-0.39, 0.29) is 0 Å². The van der Waals surface area contributed by atoms with Crippen LogP contribution in [0.15, 0.2) is 23.2 Å². The van der Waals surface area contributed by atoms with E-state index < -0.39 is 0 Å². The van der Waals surface area contributed by atoms with Crippen molar-refractivity contribution in [3.63, 3.8) is 0 Å². The van der Waals surface area contributed by atoms with Crippen LogP contribution in [0.3, 0.4) is 0 Å². The largest absolute Gasteiger partial charge is 0.454 e. The highest BCUT2D eigenvalue weighted by Gasteiger charge is 2.13. The van der Waals surface area contributed by atoms with E-state index >= 15 is 0 Å². The molecule has 0 bridgehead atoms. The van der Waals surface area contributed by atoms with Gasteiger partial charge in [-0.05, 0) is 23.6 Å². The van der Waals surface area contributed by atoms with E-state index in [1.165, 1.54) is 12.8 Å². The Morgan fingerprint density at radius 3 is 2.67 bits per heavy atom. The number of guanidine groups is 1. The van der Waals surface area contributed by atoms with Crippen LogP contribution in [-0.4, -0.2) is 26.3 Å². The van der Waals surface area contributed by atoms with Crippen LogP contribution >= 0.6 is 0 Å². The molecule has 2 N–H and O–H groups in total. The molecule has 0 atom stereocenters. The average molecular weight is 291 g/mol. The van der Waals surface area contributed by atoms with Crippen molar-refractivity contribution >= 4 is 5.96 Å². The lowest BCUT2D eigenvalue weighted by atomic mass is 10.0. The first-order chi connectivity index (χ1) is 10.3. The molecule has 0 aliphatic carbocycles. The van der Waals surface area contributed by atoms with Crippen LogP contribution in [0, 0.1) is 5.92 Å². The Bertz CT molecular complexity index is 484. The molecule has 5 heteroatoms. The van der Waals surface area contributed by atoms with Gasteiger partial charge in [-0.3, -0.25) is 4.99 Å². The standard InChI is InChI=1S/C16H25N3O2/c1-4-12(5-2)9-18-16(17-3)19-10-13-6-7-14-15(8-13)21-11-20-14/h6-8,12H,4-5,9-11H2,1-3H3,(H2,17,18,19). The van der Waals surface area contributed by atoms with Crippen LogP contribution < -0.4 is 20.1 Å². The molecule has 1 aliphatic heterocycles. The van der Waals surface area contributed by atoms with Crippen molar-refractivity contribution in [2.45, 2.75) is 33.2 Å². The molecule has 0 radical (unpaired) electrons. The van der Waals surface area contributed by atoms with Crippen molar-refractivity contribution in [2.24, 2.45) is 10.9 Å². The lowest BCUT2D eigenvalue weighted by Gasteiger charge is -2.16. The fourth-order valence-corrected chi connectivity index (χ4v) is 2.28. The molecule has 2 rings (SSSR count). The highest BCUT2D eigenvalue weighted by Crippen LogP contribution is 2.32. The van der Waals surface area contributed by atoms with Gasteiger partial charge in [-0.1, -0.05) is 32.8 Å². The van der Waals surface area contributed by atoms with Crippen LogP contribution in [-0.2, 0) is 6.54 Å². The summed E-state index contributed by atoms with van der Waals surface area (Å²) < 4.78 is 10.7. The molecule has 0 saturated heterocycles. The Balaban J connectivity index is 1.83. The van der Waals surface area contributed by atoms with Gasteiger partial charge in [-0.2, -0.15) is 0 Å². The smallest absolute Gasteiger partial charge is 0.231 e. The van der Waals surface area contributed by atoms with E-state index in [1.807, 2.05) is 18.2 Å². The minimum Gasteiger partial charge on any atom is -0.454 e. The predicted molar refractivity (Wildman–Crippen MR) is 84.8 cm³/mol. The summed E-state index contributed by atoms with van der Waals surface area (Å²) in [5.74, 6) is 3.15. The van der Waals surface area contributed by atoms with Crippen LogP contribution in [0.2, 0.25) is 0 Å². The zero-order valence-corrected chi connectivity index (χ0v) is 13.1. The van der Waals surface area contributed by atoms with Gasteiger partial charge in [0.05, 0.1) is 0 Å². The highest BCUT2D eigenvalue weighted by molar-refractivity contribution is 5.79. The van der Waals surface area contributed by atoms with Crippen molar-refractivity contribution in [2.75, 3.05) is 20.4 Å². The number of nitrogens with zero attached hydrogens (tertiary/aromatic N) is 1. The number of aliphatic imine (C=N–C) groups is 1. The van der Waals surface area contributed by atoms with E-state index in [1.54, 1.807) is 7.05 Å². The third-order valence-corrected chi connectivity index (χ3v) is 3.83. The molecule has 1 heterocycles. The summed E-state index contributed by atoms with van der Waals surface area (Å²) in [5.41, 5.74) is 1.14. The number of ether oxygens (including phenoxy) is 2. The average Bonchev–Trinajstić information content (AvgIpc) is 2.98. The number of rotatable bonds is 6. The molecule has 0 spiro atoms. The second kappa shape index (κ2) is 7.76. The molecule has 0 fully saturated rings. The topological polar surface area (TPSA) is 54.9 Å². The molecular formula is C16H25N3O2. The molecule has 0 amide bonds. The SMILES string of the molecule is CCC(CC)CNC(=NC)NCc1ccc2c(c1)OCO2. The van der Waals surface area contributed by atoms with Crippen molar-refractivity contribution in [3.8, 4) is 11.5 Å². The summed E-state index contributed by atoms with van der Waals surface area (Å²) in [6.07, 6.45) is 2.37. The van der Waals surface area contributed by atoms with E-state index in [0.717, 1.165) is 29.6 Å². The maximum absolute atomic E-state index is 5.38. The van der Waals surface area contributed by atoms with Gasteiger partial charge in [-0.15, -0.1) is 0 Å². The normalized spacial score (nSPS) is 13.6. The number of fused-ring (bicyclic) bond motifs is 1. The maximum Gasteiger partial charge on any atom is 0.231 e. The van der Waals surface area contributed by atoms with Crippen LogP contribution in [0.5, 0.6) is 11.5 Å². The third-order valence-electron chi connectivity index (χ3n) is 3.83. The van der Waals surface area contributed by atoms with Crippen molar-refractivity contribution in [1.29, 1.82) is 0 Å². The summed E-state index contributed by atoms with van der Waals surface area (Å²) in [4.78, 5) is 4.25. The second-order valence-electron chi connectivity index (χ2n) is 5.18. The van der Waals surface area contributed by atoms with E-state index in [0.29, 0.717) is 19.3 Å². The summed E-state index contributed by atoms with van der Waals surface area (Å²) in [7, 11) is 1.79. The summed E-state index contributed by atoms with van der Waals surface area (Å²) >= 11 is 0. The molecule has 1 aromatic carbocycles. The molecule has 0 aromatic heterocycles. The Kier molecular flexibility index (Phi) is 5.72. The Morgan fingerprint density at radius 1 is 1.19 bits per heavy atom. The van der Waals surface area contributed by atoms with Gasteiger partial charge in [0.1, 0.15) is 0 Å². The quantitative estimate of drug-likeness (QED) is 0.624. The summed E-state index contributed by atoms with van der Waals surface area (Å²) in [5, 5.41) is 6.70. The molecule has 0 saturated carbocycles. The van der Waals surface area contributed by atoms with Crippen LogP contribution in [0.1, 0.15) is 32.3 Å². The Hall–Kier alpha value is -1.91. The first-order valence-electron chi connectivity index (χ1n) is 7.59. The van der Waals surface area contributed by atoms with Crippen molar-refractivity contribution in [1.82, 2.24) is 10.6 Å². The molecule has 21 heavy (non-hydrogen) atoms. The Labute approximate surface area is 126 Å². The number of hydrogen-bond donors (Lipinski definition) is 2. The summed E-state index contributed by atoms with van der Waals surface area (Å²) in [6, 6.07) is 5.98. The molecule has 0 unspecified atom stereocenters. The fraction of sp³-hybridized carbons (Fsp3) is 0.562. The van der Waals surface area contributed by atoms with E-state index in [4.69, 9.17) is 9.47 Å².